The molecule has 0 spiro atoms. The van der Waals surface area contributed by atoms with Gasteiger partial charge in [0.15, 0.2) is 11.7 Å². The minimum absolute atomic E-state index is 0.0476. The first-order chi connectivity index (χ1) is 12.8. The van der Waals surface area contributed by atoms with E-state index < -0.39 is 10.0 Å². The molecule has 2 aromatic rings. The number of benzene rings is 1. The number of hydrogen-bond acceptors (Lipinski definition) is 5. The van der Waals surface area contributed by atoms with E-state index in [1.54, 1.807) is 13.1 Å². The van der Waals surface area contributed by atoms with Crippen LogP contribution in [0.3, 0.4) is 0 Å². The zero-order valence-electron chi connectivity index (χ0n) is 16.1. The van der Waals surface area contributed by atoms with E-state index in [1.807, 2.05) is 24.3 Å². The highest BCUT2D eigenvalue weighted by molar-refractivity contribution is 7.88. The molecule has 1 aromatic heterocycles. The predicted molar refractivity (Wildman–Crippen MR) is 106 cm³/mol. The minimum Gasteiger partial charge on any atom is -0.359 e. The van der Waals surface area contributed by atoms with Gasteiger partial charge in [0.1, 0.15) is 0 Å². The summed E-state index contributed by atoms with van der Waals surface area (Å²) in [6, 6.07) is 9.36. The molecule has 0 unspecified atom stereocenters. The highest BCUT2D eigenvalue weighted by Crippen LogP contribution is 2.13. The molecule has 3 N–H and O–H groups in total. The van der Waals surface area contributed by atoms with Crippen LogP contribution in [0.15, 0.2) is 39.8 Å². The molecule has 0 aliphatic heterocycles. The fourth-order valence-corrected chi connectivity index (χ4v) is 3.15. The molecular formula is C18H27N5O3S. The van der Waals surface area contributed by atoms with Crippen molar-refractivity contribution in [1.29, 1.82) is 0 Å². The monoisotopic (exact) mass is 393 g/mol. The lowest BCUT2D eigenvalue weighted by Crippen LogP contribution is -2.36. The van der Waals surface area contributed by atoms with Gasteiger partial charge >= 0.3 is 0 Å². The molecule has 8 nitrogen and oxygen atoms in total. The molecule has 0 radical (unpaired) electrons. The van der Waals surface area contributed by atoms with Crippen LogP contribution in [0, 0.1) is 0 Å². The number of guanidine groups is 1. The van der Waals surface area contributed by atoms with Crippen molar-refractivity contribution in [3.63, 3.8) is 0 Å². The van der Waals surface area contributed by atoms with Crippen molar-refractivity contribution in [2.24, 2.45) is 4.99 Å². The molecule has 0 saturated carbocycles. The van der Waals surface area contributed by atoms with Crippen LogP contribution in [0.5, 0.6) is 0 Å². The lowest BCUT2D eigenvalue weighted by molar-refractivity contribution is 0.372. The Balaban J connectivity index is 1.90. The first-order valence-electron chi connectivity index (χ1n) is 8.72. The average Bonchev–Trinajstić information content (AvgIpc) is 3.11. The van der Waals surface area contributed by atoms with E-state index in [-0.39, 0.29) is 5.75 Å². The molecule has 1 heterocycles. The van der Waals surface area contributed by atoms with Crippen molar-refractivity contribution < 1.29 is 12.9 Å². The van der Waals surface area contributed by atoms with Crippen LogP contribution < -0.4 is 15.4 Å². The second kappa shape index (κ2) is 9.52. The van der Waals surface area contributed by atoms with Gasteiger partial charge in [-0.3, -0.25) is 4.99 Å². The van der Waals surface area contributed by atoms with Gasteiger partial charge in [0, 0.05) is 19.7 Å². The molecule has 1 aromatic carbocycles. The Morgan fingerprint density at radius 3 is 2.52 bits per heavy atom. The normalized spacial score (nSPS) is 12.4. The maximum absolute atomic E-state index is 11.7. The van der Waals surface area contributed by atoms with Crippen LogP contribution in [0.2, 0.25) is 0 Å². The summed E-state index contributed by atoms with van der Waals surface area (Å²) in [5.74, 6) is 1.62. The van der Waals surface area contributed by atoms with Gasteiger partial charge in [-0.05, 0) is 24.1 Å². The standard InChI is InChI=1S/C18H27N5O3S/c1-13(2)17-9-16(26-23-17)11-22-18(19-3)21-10-14-6-5-7-15(8-14)12-27(24,25)20-4/h5-9,13,20H,10-12H2,1-4H3,(H2,19,21,22). The van der Waals surface area contributed by atoms with Crippen LogP contribution in [-0.2, 0) is 28.9 Å². The quantitative estimate of drug-likeness (QED) is 0.465. The molecule has 0 aliphatic carbocycles. The molecule has 0 saturated heterocycles. The Hall–Kier alpha value is -2.39. The Morgan fingerprint density at radius 1 is 1.19 bits per heavy atom. The van der Waals surface area contributed by atoms with E-state index in [9.17, 15) is 8.42 Å². The molecule has 27 heavy (non-hydrogen) atoms. The van der Waals surface area contributed by atoms with Crippen LogP contribution in [0.1, 0.15) is 42.3 Å². The number of aromatic nitrogens is 1. The van der Waals surface area contributed by atoms with Crippen molar-refractivity contribution in [1.82, 2.24) is 20.5 Å². The third-order valence-corrected chi connectivity index (χ3v) is 5.28. The maximum Gasteiger partial charge on any atom is 0.215 e. The van der Waals surface area contributed by atoms with Gasteiger partial charge < -0.3 is 15.2 Å². The number of nitrogens with one attached hydrogen (secondary N) is 3. The van der Waals surface area contributed by atoms with Crippen molar-refractivity contribution in [2.45, 2.75) is 38.6 Å². The summed E-state index contributed by atoms with van der Waals surface area (Å²) in [6.45, 7) is 5.11. The summed E-state index contributed by atoms with van der Waals surface area (Å²) < 4.78 is 31.0. The Kier molecular flexibility index (Phi) is 7.37. The molecular weight excluding hydrogens is 366 g/mol. The topological polar surface area (TPSA) is 109 Å². The number of rotatable bonds is 8. The third-order valence-electron chi connectivity index (χ3n) is 3.94. The molecule has 0 amide bonds. The Labute approximate surface area is 160 Å². The summed E-state index contributed by atoms with van der Waals surface area (Å²) in [4.78, 5) is 4.18. The van der Waals surface area contributed by atoms with E-state index in [2.05, 4.69) is 39.4 Å². The molecule has 2 rings (SSSR count). The Bertz CT molecular complexity index is 875. The summed E-state index contributed by atoms with van der Waals surface area (Å²) in [5.41, 5.74) is 2.61. The van der Waals surface area contributed by atoms with E-state index >= 15 is 0 Å². The van der Waals surface area contributed by atoms with E-state index in [0.29, 0.717) is 25.0 Å². The highest BCUT2D eigenvalue weighted by atomic mass is 32.2. The van der Waals surface area contributed by atoms with Gasteiger partial charge in [-0.25, -0.2) is 13.1 Å². The molecule has 0 atom stereocenters. The fraction of sp³-hybridized carbons (Fsp3) is 0.444. The van der Waals surface area contributed by atoms with Gasteiger partial charge in [-0.2, -0.15) is 0 Å². The van der Waals surface area contributed by atoms with E-state index in [0.717, 1.165) is 22.6 Å². The zero-order chi connectivity index (χ0) is 19.9. The smallest absolute Gasteiger partial charge is 0.215 e. The van der Waals surface area contributed by atoms with Gasteiger partial charge in [-0.1, -0.05) is 43.3 Å². The predicted octanol–water partition coefficient (Wildman–Crippen LogP) is 1.71. The second-order valence-corrected chi connectivity index (χ2v) is 8.36. The van der Waals surface area contributed by atoms with Crippen molar-refractivity contribution in [3.05, 3.63) is 52.9 Å². The van der Waals surface area contributed by atoms with Crippen molar-refractivity contribution >= 4 is 16.0 Å². The number of aliphatic imine (C=N–C) groups is 1. The molecule has 9 heteroatoms. The first-order valence-corrected chi connectivity index (χ1v) is 10.4. The second-order valence-electron chi connectivity index (χ2n) is 6.44. The van der Waals surface area contributed by atoms with Crippen LogP contribution in [-0.4, -0.2) is 33.6 Å². The van der Waals surface area contributed by atoms with Gasteiger partial charge in [0.2, 0.25) is 10.0 Å². The molecule has 0 fully saturated rings. The molecule has 0 bridgehead atoms. The summed E-state index contributed by atoms with van der Waals surface area (Å²) in [6.07, 6.45) is 0. The van der Waals surface area contributed by atoms with Gasteiger partial charge in [0.05, 0.1) is 18.0 Å². The summed E-state index contributed by atoms with van der Waals surface area (Å²) in [5, 5.41) is 10.4. The SMILES string of the molecule is CN=C(NCc1cccc(CS(=O)(=O)NC)c1)NCc1cc(C(C)C)no1. The fourth-order valence-electron chi connectivity index (χ4n) is 2.38. The number of hydrogen-bond donors (Lipinski definition) is 3. The Morgan fingerprint density at radius 2 is 1.89 bits per heavy atom. The largest absolute Gasteiger partial charge is 0.359 e. The minimum atomic E-state index is -3.29. The van der Waals surface area contributed by atoms with E-state index in [4.69, 9.17) is 4.52 Å². The van der Waals surface area contributed by atoms with Gasteiger partial charge in [0.25, 0.3) is 0 Å². The maximum atomic E-state index is 11.7. The van der Waals surface area contributed by atoms with Crippen molar-refractivity contribution in [2.75, 3.05) is 14.1 Å². The number of nitrogens with zero attached hydrogens (tertiary/aromatic N) is 2. The van der Waals surface area contributed by atoms with E-state index in [1.165, 1.54) is 7.05 Å². The summed E-state index contributed by atoms with van der Waals surface area (Å²) in [7, 11) is -0.194. The third kappa shape index (κ3) is 6.69. The van der Waals surface area contributed by atoms with Crippen LogP contribution >= 0.6 is 0 Å². The summed E-state index contributed by atoms with van der Waals surface area (Å²) >= 11 is 0. The average molecular weight is 394 g/mol. The number of sulfonamides is 1. The van der Waals surface area contributed by atoms with Gasteiger partial charge in [-0.15, -0.1) is 0 Å². The first kappa shape index (κ1) is 20.9. The highest BCUT2D eigenvalue weighted by Gasteiger charge is 2.10. The zero-order valence-corrected chi connectivity index (χ0v) is 16.9. The lowest BCUT2D eigenvalue weighted by Gasteiger charge is -2.11. The van der Waals surface area contributed by atoms with Crippen molar-refractivity contribution in [3.8, 4) is 0 Å². The lowest BCUT2D eigenvalue weighted by atomic mass is 10.1. The van der Waals surface area contributed by atoms with Crippen LogP contribution in [0.4, 0.5) is 0 Å². The van der Waals surface area contributed by atoms with Crippen LogP contribution in [0.25, 0.3) is 0 Å². The molecule has 0 aliphatic rings. The molecule has 148 valence electrons.